The summed E-state index contributed by atoms with van der Waals surface area (Å²) in [4.78, 5) is 36.7. The van der Waals surface area contributed by atoms with E-state index in [1.807, 2.05) is 0 Å². The molecular formula is C16H11FN2O4. The molecule has 4 amide bonds. The molecule has 0 unspecified atom stereocenters. The van der Waals surface area contributed by atoms with Crippen LogP contribution in [-0.2, 0) is 9.59 Å². The number of likely N-dealkylation sites (N-methyl/N-ethyl adjacent to an activating group) is 1. The first-order valence-corrected chi connectivity index (χ1v) is 6.67. The number of anilines is 1. The van der Waals surface area contributed by atoms with Gasteiger partial charge in [-0.15, -0.1) is 0 Å². The second kappa shape index (κ2) is 5.53. The van der Waals surface area contributed by atoms with Crippen LogP contribution in [0.25, 0.3) is 0 Å². The Kier molecular flexibility index (Phi) is 3.53. The first-order valence-electron chi connectivity index (χ1n) is 6.67. The Morgan fingerprint density at radius 3 is 2.17 bits per heavy atom. The van der Waals surface area contributed by atoms with Crippen LogP contribution in [0.3, 0.4) is 0 Å². The normalized spacial score (nSPS) is 14.6. The van der Waals surface area contributed by atoms with Gasteiger partial charge in [0.05, 0.1) is 5.69 Å². The largest absolute Gasteiger partial charge is 0.457 e. The maximum absolute atomic E-state index is 13.1. The van der Waals surface area contributed by atoms with Crippen LogP contribution >= 0.6 is 0 Å². The fourth-order valence-electron chi connectivity index (χ4n) is 2.12. The minimum absolute atomic E-state index is 0.254. The van der Waals surface area contributed by atoms with Crippen LogP contribution in [0.1, 0.15) is 0 Å². The van der Waals surface area contributed by atoms with Crippen molar-refractivity contribution in [3.63, 3.8) is 0 Å². The van der Waals surface area contributed by atoms with E-state index in [1.165, 1.54) is 49.5 Å². The number of carbonyl (C=O) groups is 3. The Morgan fingerprint density at radius 1 is 0.913 bits per heavy atom. The summed E-state index contributed by atoms with van der Waals surface area (Å²) in [5.74, 6) is -1.49. The SMILES string of the molecule is CN1C(=O)C(=O)N(c2ccc(Oc3cccc(F)c3)cc2)C1=O. The summed E-state index contributed by atoms with van der Waals surface area (Å²) >= 11 is 0. The lowest BCUT2D eigenvalue weighted by Crippen LogP contribution is -2.31. The van der Waals surface area contributed by atoms with Crippen molar-refractivity contribution in [1.29, 1.82) is 0 Å². The van der Waals surface area contributed by atoms with Crippen molar-refractivity contribution < 1.29 is 23.5 Å². The molecule has 0 atom stereocenters. The van der Waals surface area contributed by atoms with Crippen LogP contribution in [0.2, 0.25) is 0 Å². The average molecular weight is 314 g/mol. The highest BCUT2D eigenvalue weighted by Crippen LogP contribution is 2.27. The summed E-state index contributed by atoms with van der Waals surface area (Å²) in [5, 5.41) is 0. The molecule has 0 spiro atoms. The molecule has 0 aliphatic carbocycles. The maximum Gasteiger partial charge on any atom is 0.338 e. The van der Waals surface area contributed by atoms with Gasteiger partial charge in [0.2, 0.25) is 0 Å². The van der Waals surface area contributed by atoms with E-state index in [1.54, 1.807) is 6.07 Å². The Morgan fingerprint density at radius 2 is 1.61 bits per heavy atom. The van der Waals surface area contributed by atoms with Crippen LogP contribution < -0.4 is 9.64 Å². The smallest absolute Gasteiger partial charge is 0.338 e. The van der Waals surface area contributed by atoms with Gasteiger partial charge in [0.15, 0.2) is 0 Å². The van der Waals surface area contributed by atoms with E-state index in [9.17, 15) is 18.8 Å². The van der Waals surface area contributed by atoms with E-state index >= 15 is 0 Å². The predicted molar refractivity (Wildman–Crippen MR) is 78.6 cm³/mol. The van der Waals surface area contributed by atoms with Gasteiger partial charge in [-0.3, -0.25) is 14.5 Å². The fraction of sp³-hybridized carbons (Fsp3) is 0.0625. The molecule has 2 aromatic carbocycles. The molecule has 6 nitrogen and oxygen atoms in total. The van der Waals surface area contributed by atoms with Gasteiger partial charge in [0.1, 0.15) is 17.3 Å². The van der Waals surface area contributed by atoms with Gasteiger partial charge in [-0.1, -0.05) is 6.07 Å². The number of hydrogen-bond acceptors (Lipinski definition) is 4. The number of hydrogen-bond donors (Lipinski definition) is 0. The van der Waals surface area contributed by atoms with Crippen molar-refractivity contribution in [3.05, 3.63) is 54.3 Å². The van der Waals surface area contributed by atoms with Crippen molar-refractivity contribution in [2.45, 2.75) is 0 Å². The lowest BCUT2D eigenvalue weighted by Gasteiger charge is -2.13. The van der Waals surface area contributed by atoms with Gasteiger partial charge < -0.3 is 4.74 Å². The molecule has 116 valence electrons. The zero-order valence-electron chi connectivity index (χ0n) is 12.0. The highest BCUT2D eigenvalue weighted by atomic mass is 19.1. The summed E-state index contributed by atoms with van der Waals surface area (Å²) in [5.41, 5.74) is 0.254. The summed E-state index contributed by atoms with van der Waals surface area (Å²) < 4.78 is 18.6. The molecule has 0 aromatic heterocycles. The first kappa shape index (κ1) is 14.7. The van der Waals surface area contributed by atoms with E-state index < -0.39 is 23.7 Å². The van der Waals surface area contributed by atoms with Crippen molar-refractivity contribution in [1.82, 2.24) is 4.90 Å². The Balaban J connectivity index is 1.81. The Hall–Kier alpha value is -3.22. The van der Waals surface area contributed by atoms with Crippen LogP contribution in [0.5, 0.6) is 11.5 Å². The van der Waals surface area contributed by atoms with Crippen molar-refractivity contribution in [2.24, 2.45) is 0 Å². The first-order chi connectivity index (χ1) is 11.0. The van der Waals surface area contributed by atoms with Gasteiger partial charge >= 0.3 is 17.8 Å². The van der Waals surface area contributed by atoms with Gasteiger partial charge in [0, 0.05) is 13.1 Å². The molecule has 0 radical (unpaired) electrons. The van der Waals surface area contributed by atoms with Crippen LogP contribution in [-0.4, -0.2) is 29.8 Å². The molecule has 23 heavy (non-hydrogen) atoms. The second-order valence-electron chi connectivity index (χ2n) is 4.84. The third-order valence-corrected chi connectivity index (χ3v) is 3.30. The standard InChI is InChI=1S/C16H11FN2O4/c1-18-14(20)15(21)19(16(18)22)11-5-7-12(8-6-11)23-13-4-2-3-10(17)9-13/h2-9H,1H3. The van der Waals surface area contributed by atoms with Crippen molar-refractivity contribution in [2.75, 3.05) is 11.9 Å². The topological polar surface area (TPSA) is 66.9 Å². The van der Waals surface area contributed by atoms with E-state index in [0.29, 0.717) is 11.5 Å². The number of rotatable bonds is 3. The van der Waals surface area contributed by atoms with E-state index in [4.69, 9.17) is 4.74 Å². The third kappa shape index (κ3) is 2.64. The summed E-state index contributed by atoms with van der Waals surface area (Å²) in [6, 6.07) is 10.9. The summed E-state index contributed by atoms with van der Waals surface area (Å²) in [7, 11) is 1.24. The van der Waals surface area contributed by atoms with E-state index in [-0.39, 0.29) is 5.69 Å². The molecule has 0 N–H and O–H groups in total. The molecule has 1 aliphatic rings. The second-order valence-corrected chi connectivity index (χ2v) is 4.84. The number of urea groups is 1. The van der Waals surface area contributed by atoms with Crippen LogP contribution in [0.15, 0.2) is 48.5 Å². The summed E-state index contributed by atoms with van der Waals surface area (Å²) in [6.45, 7) is 0. The van der Waals surface area contributed by atoms with Crippen molar-refractivity contribution >= 4 is 23.5 Å². The molecular weight excluding hydrogens is 303 g/mol. The van der Waals surface area contributed by atoms with Gasteiger partial charge in [-0.2, -0.15) is 0 Å². The zero-order valence-corrected chi connectivity index (χ0v) is 12.0. The number of carbonyl (C=O) groups excluding carboxylic acids is 3. The molecule has 0 bridgehead atoms. The van der Waals surface area contributed by atoms with Gasteiger partial charge in [-0.25, -0.2) is 14.1 Å². The number of nitrogens with zero attached hydrogens (tertiary/aromatic N) is 2. The average Bonchev–Trinajstić information content (AvgIpc) is 2.72. The van der Waals surface area contributed by atoms with Crippen molar-refractivity contribution in [3.8, 4) is 11.5 Å². The van der Waals surface area contributed by atoms with Gasteiger partial charge in [-0.05, 0) is 36.4 Å². The number of ether oxygens (including phenoxy) is 1. The highest BCUT2D eigenvalue weighted by Gasteiger charge is 2.43. The Bertz CT molecular complexity index is 804. The number of amides is 4. The minimum Gasteiger partial charge on any atom is -0.457 e. The number of imide groups is 2. The maximum atomic E-state index is 13.1. The molecule has 1 saturated heterocycles. The lowest BCUT2D eigenvalue weighted by atomic mass is 10.2. The third-order valence-electron chi connectivity index (χ3n) is 3.30. The van der Waals surface area contributed by atoms with E-state index in [0.717, 1.165) is 9.80 Å². The number of benzene rings is 2. The molecule has 1 heterocycles. The molecule has 1 fully saturated rings. The predicted octanol–water partition coefficient (Wildman–Crippen LogP) is 2.54. The molecule has 2 aromatic rings. The van der Waals surface area contributed by atoms with Crippen LogP contribution in [0.4, 0.5) is 14.9 Å². The Labute approximate surface area is 130 Å². The molecule has 0 saturated carbocycles. The zero-order chi connectivity index (χ0) is 16.6. The highest BCUT2D eigenvalue weighted by molar-refractivity contribution is 6.52. The summed E-state index contributed by atoms with van der Waals surface area (Å²) in [6.07, 6.45) is 0. The molecule has 1 aliphatic heterocycles. The van der Waals surface area contributed by atoms with E-state index in [2.05, 4.69) is 0 Å². The number of halogens is 1. The molecule has 7 heteroatoms. The lowest BCUT2D eigenvalue weighted by molar-refractivity contribution is -0.138. The minimum atomic E-state index is -0.906. The van der Waals surface area contributed by atoms with Crippen LogP contribution in [0, 0.1) is 5.82 Å². The quantitative estimate of drug-likeness (QED) is 0.645. The molecule has 3 rings (SSSR count). The monoisotopic (exact) mass is 314 g/mol. The fourth-order valence-corrected chi connectivity index (χ4v) is 2.12. The van der Waals surface area contributed by atoms with Gasteiger partial charge in [0.25, 0.3) is 0 Å².